The van der Waals surface area contributed by atoms with E-state index in [0.29, 0.717) is 19.8 Å². The molecule has 1 amide bonds. The molecule has 5 nitrogen and oxygen atoms in total. The molecule has 4 aromatic rings. The number of fused-ring (bicyclic) bond motifs is 4. The number of anilines is 1. The number of amides is 1. The molecule has 3 aliphatic rings. The van der Waals surface area contributed by atoms with Gasteiger partial charge in [-0.25, -0.2) is 0 Å². The molecule has 0 radical (unpaired) electrons. The highest BCUT2D eigenvalue weighted by atomic mass is 32.2. The Morgan fingerprint density at radius 2 is 1.59 bits per heavy atom. The van der Waals surface area contributed by atoms with Gasteiger partial charge in [0.25, 0.3) is 5.91 Å². The van der Waals surface area contributed by atoms with E-state index in [1.807, 2.05) is 17.8 Å². The van der Waals surface area contributed by atoms with Crippen molar-refractivity contribution in [1.82, 2.24) is 9.88 Å². The number of benzene rings is 3. The van der Waals surface area contributed by atoms with Crippen molar-refractivity contribution in [3.63, 3.8) is 0 Å². The summed E-state index contributed by atoms with van der Waals surface area (Å²) in [4.78, 5) is 25.1. The molecule has 6 heteroatoms. The van der Waals surface area contributed by atoms with Gasteiger partial charge in [-0.15, -0.1) is 11.8 Å². The van der Waals surface area contributed by atoms with Crippen molar-refractivity contribution in [3.8, 4) is 0 Å². The van der Waals surface area contributed by atoms with Gasteiger partial charge in [-0.2, -0.15) is 0 Å². The summed E-state index contributed by atoms with van der Waals surface area (Å²) in [6, 6.07) is 31.8. The van der Waals surface area contributed by atoms with E-state index in [0.717, 1.165) is 48.6 Å². The van der Waals surface area contributed by atoms with E-state index in [4.69, 9.17) is 9.72 Å². The molecule has 39 heavy (non-hydrogen) atoms. The summed E-state index contributed by atoms with van der Waals surface area (Å²) < 4.78 is 5.65. The van der Waals surface area contributed by atoms with Crippen LogP contribution in [0.3, 0.4) is 0 Å². The number of nitrogens with zero attached hydrogens (tertiary/aromatic N) is 3. The predicted molar refractivity (Wildman–Crippen MR) is 155 cm³/mol. The van der Waals surface area contributed by atoms with Crippen LogP contribution in [-0.4, -0.2) is 48.6 Å². The van der Waals surface area contributed by atoms with Crippen LogP contribution in [-0.2, 0) is 17.6 Å². The second-order valence-corrected chi connectivity index (χ2v) is 11.6. The van der Waals surface area contributed by atoms with Gasteiger partial charge in [0.15, 0.2) is 0 Å². The second-order valence-electron chi connectivity index (χ2n) is 10.4. The zero-order valence-electron chi connectivity index (χ0n) is 21.8. The number of rotatable bonds is 5. The van der Waals surface area contributed by atoms with Crippen molar-refractivity contribution in [2.24, 2.45) is 0 Å². The Bertz CT molecular complexity index is 1490. The molecule has 2 unspecified atom stereocenters. The highest BCUT2D eigenvalue weighted by Gasteiger charge is 2.46. The maximum Gasteiger partial charge on any atom is 0.256 e. The molecule has 3 aliphatic heterocycles. The highest BCUT2D eigenvalue weighted by Crippen LogP contribution is 2.53. The SMILES string of the molecule is O=C1c2cc(N3CCOCC3)c(Cc3ccccc3)nc2C2C(Sc3ccccc3)c3ccccc3CCN12. The summed E-state index contributed by atoms with van der Waals surface area (Å²) in [5.41, 5.74) is 7.65. The average molecular weight is 534 g/mol. The summed E-state index contributed by atoms with van der Waals surface area (Å²) >= 11 is 1.84. The summed E-state index contributed by atoms with van der Waals surface area (Å²) in [5.74, 6) is 0.106. The lowest BCUT2D eigenvalue weighted by Crippen LogP contribution is -2.37. The lowest BCUT2D eigenvalue weighted by atomic mass is 9.97. The minimum Gasteiger partial charge on any atom is -0.378 e. The first-order valence-electron chi connectivity index (χ1n) is 13.8. The van der Waals surface area contributed by atoms with Gasteiger partial charge < -0.3 is 14.5 Å². The normalized spacial score (nSPS) is 20.3. The van der Waals surface area contributed by atoms with E-state index in [-0.39, 0.29) is 17.2 Å². The Morgan fingerprint density at radius 3 is 2.38 bits per heavy atom. The topological polar surface area (TPSA) is 45.7 Å². The molecule has 0 spiro atoms. The quantitative estimate of drug-likeness (QED) is 0.310. The number of carbonyl (C=O) groups is 1. The van der Waals surface area contributed by atoms with Crippen molar-refractivity contribution in [1.29, 1.82) is 0 Å². The van der Waals surface area contributed by atoms with Crippen LogP contribution < -0.4 is 4.90 Å². The third-order valence-corrected chi connectivity index (χ3v) is 9.37. The Labute approximate surface area is 233 Å². The van der Waals surface area contributed by atoms with Crippen LogP contribution in [0.2, 0.25) is 0 Å². The molecule has 2 atom stereocenters. The van der Waals surface area contributed by atoms with Crippen LogP contribution >= 0.6 is 11.8 Å². The number of pyridine rings is 1. The first-order chi connectivity index (χ1) is 19.3. The maximum absolute atomic E-state index is 14.1. The predicted octanol–water partition coefficient (Wildman–Crippen LogP) is 6.10. The molecule has 1 aromatic heterocycles. The van der Waals surface area contributed by atoms with Gasteiger partial charge in [-0.1, -0.05) is 72.8 Å². The van der Waals surface area contributed by atoms with Gasteiger partial charge in [0, 0.05) is 31.0 Å². The third-order valence-electron chi connectivity index (χ3n) is 8.06. The van der Waals surface area contributed by atoms with Gasteiger partial charge in [0.05, 0.1) is 47.1 Å². The van der Waals surface area contributed by atoms with E-state index >= 15 is 0 Å². The van der Waals surface area contributed by atoms with Crippen molar-refractivity contribution in [2.75, 3.05) is 37.7 Å². The van der Waals surface area contributed by atoms with Crippen molar-refractivity contribution in [3.05, 3.63) is 125 Å². The summed E-state index contributed by atoms with van der Waals surface area (Å²) in [6.45, 7) is 3.70. The number of hydrogen-bond donors (Lipinski definition) is 0. The molecular weight excluding hydrogens is 502 g/mol. The van der Waals surface area contributed by atoms with Gasteiger partial charge in [-0.3, -0.25) is 9.78 Å². The largest absolute Gasteiger partial charge is 0.378 e. The van der Waals surface area contributed by atoms with Crippen LogP contribution in [0.25, 0.3) is 0 Å². The molecule has 4 heterocycles. The fraction of sp³-hybridized carbons (Fsp3) is 0.273. The lowest BCUT2D eigenvalue weighted by molar-refractivity contribution is 0.0729. The molecule has 196 valence electrons. The van der Waals surface area contributed by atoms with E-state index < -0.39 is 0 Å². The number of hydrogen-bond acceptors (Lipinski definition) is 5. The molecular formula is C33H31N3O2S. The van der Waals surface area contributed by atoms with E-state index in [2.05, 4.69) is 94.7 Å². The molecule has 1 fully saturated rings. The summed E-state index contributed by atoms with van der Waals surface area (Å²) in [6.07, 6.45) is 1.58. The minimum atomic E-state index is -0.116. The zero-order valence-corrected chi connectivity index (χ0v) is 22.6. The van der Waals surface area contributed by atoms with E-state index in [1.165, 1.54) is 21.6 Å². The van der Waals surface area contributed by atoms with Gasteiger partial charge in [0.1, 0.15) is 0 Å². The van der Waals surface area contributed by atoms with Crippen LogP contribution in [0.4, 0.5) is 5.69 Å². The van der Waals surface area contributed by atoms with Gasteiger partial charge in [0.2, 0.25) is 0 Å². The van der Waals surface area contributed by atoms with Crippen LogP contribution in [0.15, 0.2) is 95.9 Å². The summed E-state index contributed by atoms with van der Waals surface area (Å²) in [7, 11) is 0. The lowest BCUT2D eigenvalue weighted by Gasteiger charge is -2.31. The Morgan fingerprint density at radius 1 is 0.872 bits per heavy atom. The molecule has 0 saturated carbocycles. The van der Waals surface area contributed by atoms with Crippen molar-refractivity contribution >= 4 is 23.4 Å². The number of ether oxygens (including phenoxy) is 1. The first-order valence-corrected chi connectivity index (χ1v) is 14.6. The van der Waals surface area contributed by atoms with Crippen LogP contribution in [0, 0.1) is 0 Å². The number of aromatic nitrogens is 1. The monoisotopic (exact) mass is 533 g/mol. The van der Waals surface area contributed by atoms with Crippen LogP contribution in [0.1, 0.15) is 49.7 Å². The molecule has 0 aliphatic carbocycles. The molecule has 0 bridgehead atoms. The average Bonchev–Trinajstić information content (AvgIpc) is 3.15. The molecule has 3 aromatic carbocycles. The molecule has 7 rings (SSSR count). The Hall–Kier alpha value is -3.61. The number of morpholine rings is 1. The fourth-order valence-electron chi connectivity index (χ4n) is 6.15. The standard InChI is InChI=1S/C33H31N3O2S/c37-33-27-22-29(35-17-19-38-20-18-35)28(21-23-9-3-1-4-10-23)34-30(27)31-32(39-25-12-5-2-6-13-25)26-14-8-7-11-24(26)15-16-36(31)33/h1-14,22,31-32H,15-21H2. The maximum atomic E-state index is 14.1. The Balaban J connectivity index is 1.37. The third kappa shape index (κ3) is 4.62. The van der Waals surface area contributed by atoms with Gasteiger partial charge in [-0.05, 0) is 41.3 Å². The van der Waals surface area contributed by atoms with E-state index in [9.17, 15) is 4.79 Å². The Kier molecular flexibility index (Phi) is 6.59. The van der Waals surface area contributed by atoms with Gasteiger partial charge >= 0.3 is 0 Å². The second kappa shape index (κ2) is 10.5. The number of thioether (sulfide) groups is 1. The molecule has 1 saturated heterocycles. The number of carbonyl (C=O) groups excluding carboxylic acids is 1. The van der Waals surface area contributed by atoms with Crippen molar-refractivity contribution < 1.29 is 9.53 Å². The van der Waals surface area contributed by atoms with Crippen molar-refractivity contribution in [2.45, 2.75) is 29.0 Å². The smallest absolute Gasteiger partial charge is 0.256 e. The molecule has 0 N–H and O–H groups in total. The zero-order chi connectivity index (χ0) is 26.2. The van der Waals surface area contributed by atoms with E-state index in [1.54, 1.807) is 0 Å². The first kappa shape index (κ1) is 24.4. The fourth-order valence-corrected chi connectivity index (χ4v) is 7.52. The highest BCUT2D eigenvalue weighted by molar-refractivity contribution is 7.99. The summed E-state index contributed by atoms with van der Waals surface area (Å²) in [5, 5.41) is 0.0580. The van der Waals surface area contributed by atoms with Crippen LogP contribution in [0.5, 0.6) is 0 Å². The minimum absolute atomic E-state index is 0.0580.